The van der Waals surface area contributed by atoms with Crippen molar-refractivity contribution in [2.24, 2.45) is 0 Å². The van der Waals surface area contributed by atoms with Gasteiger partial charge in [0.25, 0.3) is 0 Å². The van der Waals surface area contributed by atoms with Crippen molar-refractivity contribution in [3.63, 3.8) is 0 Å². The topological polar surface area (TPSA) is 74.6 Å². The molecule has 0 aromatic heterocycles. The lowest BCUT2D eigenvalue weighted by molar-refractivity contribution is -0.136. The minimum Gasteiger partial charge on any atom is -0.478 e. The summed E-state index contributed by atoms with van der Waals surface area (Å²) in [5.41, 5.74) is 0.155. The molecule has 0 radical (unpaired) electrons. The monoisotopic (exact) mass is 206 g/mol. The predicted octanol–water partition coefficient (Wildman–Crippen LogP) is 1.45. The summed E-state index contributed by atoms with van der Waals surface area (Å²) in [6, 6.07) is 0. The molecular weight excluding hydrogens is 196 g/mol. The summed E-state index contributed by atoms with van der Waals surface area (Å²) in [7, 11) is 0. The lowest BCUT2D eigenvalue weighted by Crippen LogP contribution is -2.14. The average molecular weight is 207 g/mol. The maximum atomic E-state index is 10.5. The molecule has 74 valence electrons. The summed E-state index contributed by atoms with van der Waals surface area (Å²) in [4.78, 5) is 21.1. The van der Waals surface area contributed by atoms with Crippen LogP contribution in [0, 0.1) is 0 Å². The second-order valence-corrected chi connectivity index (χ2v) is 2.77. The van der Waals surface area contributed by atoms with E-state index in [-0.39, 0.29) is 23.6 Å². The van der Waals surface area contributed by atoms with Gasteiger partial charge in [0.2, 0.25) is 0 Å². The van der Waals surface area contributed by atoms with Gasteiger partial charge in [0.15, 0.2) is 0 Å². The number of carboxylic acid groups (broad SMARTS) is 2. The van der Waals surface area contributed by atoms with Crippen LogP contribution in [0.5, 0.6) is 0 Å². The molecule has 2 N–H and O–H groups in total. The van der Waals surface area contributed by atoms with E-state index >= 15 is 0 Å². The number of carbonyl (C=O) groups is 2. The van der Waals surface area contributed by atoms with Crippen molar-refractivity contribution in [2.45, 2.75) is 25.7 Å². The van der Waals surface area contributed by atoms with Gasteiger partial charge < -0.3 is 10.2 Å². The van der Waals surface area contributed by atoms with Crippen molar-refractivity contribution in [3.8, 4) is 0 Å². The molecule has 0 amide bonds. The molecule has 0 atom stereocenters. The third kappa shape index (κ3) is 2.73. The van der Waals surface area contributed by atoms with Crippen LogP contribution in [0.15, 0.2) is 11.1 Å². The number of carboxylic acids is 2. The van der Waals surface area contributed by atoms with E-state index in [1.807, 2.05) is 0 Å². The van der Waals surface area contributed by atoms with Gasteiger partial charge in [-0.05, 0) is 25.7 Å². The summed E-state index contributed by atoms with van der Waals surface area (Å²) in [6.45, 7) is 0. The van der Waals surface area contributed by atoms with Crippen LogP contribution in [0.4, 0.5) is 0 Å². The minimum absolute atomic E-state index is 0. The van der Waals surface area contributed by atoms with E-state index in [4.69, 9.17) is 10.2 Å². The van der Waals surface area contributed by atoms with E-state index in [9.17, 15) is 9.59 Å². The molecule has 1 aliphatic rings. The van der Waals surface area contributed by atoms with Gasteiger partial charge in [-0.3, -0.25) is 0 Å². The van der Waals surface area contributed by atoms with Gasteiger partial charge in [-0.15, -0.1) is 12.4 Å². The quantitative estimate of drug-likeness (QED) is 0.717. The first kappa shape index (κ1) is 12.0. The van der Waals surface area contributed by atoms with Gasteiger partial charge in [0.05, 0.1) is 0 Å². The second-order valence-electron chi connectivity index (χ2n) is 2.77. The molecule has 0 saturated heterocycles. The molecule has 1 aliphatic carbocycles. The summed E-state index contributed by atoms with van der Waals surface area (Å²) in [5.74, 6) is -2.18. The largest absolute Gasteiger partial charge is 0.478 e. The molecule has 0 spiro atoms. The van der Waals surface area contributed by atoms with Gasteiger partial charge in [-0.25, -0.2) is 9.59 Å². The highest BCUT2D eigenvalue weighted by molar-refractivity contribution is 5.99. The molecule has 1 rings (SSSR count). The normalized spacial score (nSPS) is 16.3. The molecule has 0 aromatic rings. The summed E-state index contributed by atoms with van der Waals surface area (Å²) < 4.78 is 0. The summed E-state index contributed by atoms with van der Waals surface area (Å²) in [6.07, 6.45) is 2.32. The number of rotatable bonds is 2. The predicted molar refractivity (Wildman–Crippen MR) is 48.0 cm³/mol. The van der Waals surface area contributed by atoms with Crippen molar-refractivity contribution in [1.82, 2.24) is 0 Å². The molecule has 0 fully saturated rings. The van der Waals surface area contributed by atoms with Crippen molar-refractivity contribution < 1.29 is 19.8 Å². The van der Waals surface area contributed by atoms with E-state index in [1.54, 1.807) is 0 Å². The van der Waals surface area contributed by atoms with Gasteiger partial charge in [0.1, 0.15) is 0 Å². The molecule has 0 aromatic carbocycles. The Balaban J connectivity index is 0.00000144. The fraction of sp³-hybridized carbons (Fsp3) is 0.500. The first-order chi connectivity index (χ1) is 5.63. The Labute approximate surface area is 81.7 Å². The van der Waals surface area contributed by atoms with Crippen LogP contribution >= 0.6 is 12.4 Å². The average Bonchev–Trinajstić information content (AvgIpc) is 2.04. The molecule has 0 heterocycles. The van der Waals surface area contributed by atoms with Crippen molar-refractivity contribution in [2.75, 3.05) is 0 Å². The van der Waals surface area contributed by atoms with Gasteiger partial charge in [-0.1, -0.05) is 0 Å². The fourth-order valence-electron chi connectivity index (χ4n) is 1.38. The maximum Gasteiger partial charge on any atom is 0.332 e. The molecular formula is C8H11ClO4. The Hall–Kier alpha value is -1.03. The van der Waals surface area contributed by atoms with Crippen LogP contribution in [0.2, 0.25) is 0 Å². The van der Waals surface area contributed by atoms with Gasteiger partial charge >= 0.3 is 11.9 Å². The van der Waals surface area contributed by atoms with E-state index in [0.29, 0.717) is 12.8 Å². The number of aliphatic carboxylic acids is 2. The van der Waals surface area contributed by atoms with Crippen LogP contribution in [-0.4, -0.2) is 22.2 Å². The van der Waals surface area contributed by atoms with E-state index < -0.39 is 11.9 Å². The maximum absolute atomic E-state index is 10.5. The molecule has 13 heavy (non-hydrogen) atoms. The van der Waals surface area contributed by atoms with Crippen LogP contribution in [-0.2, 0) is 9.59 Å². The van der Waals surface area contributed by atoms with Gasteiger partial charge in [-0.2, -0.15) is 0 Å². The molecule has 0 aliphatic heterocycles. The SMILES string of the molecule is Cl.O=C(O)C1=C(C(=O)O)CCCC1. The van der Waals surface area contributed by atoms with Crippen LogP contribution in [0.1, 0.15) is 25.7 Å². The fourth-order valence-corrected chi connectivity index (χ4v) is 1.38. The van der Waals surface area contributed by atoms with Crippen LogP contribution in [0.25, 0.3) is 0 Å². The smallest absolute Gasteiger partial charge is 0.332 e. The number of halogens is 1. The highest BCUT2D eigenvalue weighted by atomic mass is 35.5. The Morgan fingerprint density at radius 3 is 1.46 bits per heavy atom. The Morgan fingerprint density at radius 2 is 1.23 bits per heavy atom. The molecule has 0 bridgehead atoms. The molecule has 0 unspecified atom stereocenters. The van der Waals surface area contributed by atoms with E-state index in [0.717, 1.165) is 12.8 Å². The zero-order chi connectivity index (χ0) is 9.14. The lowest BCUT2D eigenvalue weighted by atomic mass is 9.92. The van der Waals surface area contributed by atoms with E-state index in [1.165, 1.54) is 0 Å². The highest BCUT2D eigenvalue weighted by Crippen LogP contribution is 2.24. The summed E-state index contributed by atoms with van der Waals surface area (Å²) >= 11 is 0. The molecule has 4 nitrogen and oxygen atoms in total. The van der Waals surface area contributed by atoms with Crippen molar-refractivity contribution >= 4 is 24.3 Å². The lowest BCUT2D eigenvalue weighted by Gasteiger charge is -2.13. The Kier molecular flexibility index (Phi) is 4.48. The standard InChI is InChI=1S/C8H10O4.ClH/c9-7(10)5-3-1-2-4-6(5)8(11)12;/h1-4H2,(H,9,10)(H,11,12);1H. The van der Waals surface area contributed by atoms with Crippen LogP contribution in [0.3, 0.4) is 0 Å². The van der Waals surface area contributed by atoms with Crippen molar-refractivity contribution in [3.05, 3.63) is 11.1 Å². The third-order valence-corrected chi connectivity index (χ3v) is 1.98. The second kappa shape index (κ2) is 4.87. The van der Waals surface area contributed by atoms with E-state index in [2.05, 4.69) is 0 Å². The Bertz CT molecular complexity index is 231. The van der Waals surface area contributed by atoms with Crippen molar-refractivity contribution in [1.29, 1.82) is 0 Å². The first-order valence-corrected chi connectivity index (χ1v) is 3.81. The van der Waals surface area contributed by atoms with Gasteiger partial charge in [0, 0.05) is 11.1 Å². The first-order valence-electron chi connectivity index (χ1n) is 3.81. The summed E-state index contributed by atoms with van der Waals surface area (Å²) in [5, 5.41) is 17.3. The highest BCUT2D eigenvalue weighted by Gasteiger charge is 2.22. The number of hydrogen-bond donors (Lipinski definition) is 2. The zero-order valence-electron chi connectivity index (χ0n) is 6.95. The zero-order valence-corrected chi connectivity index (χ0v) is 7.76. The third-order valence-electron chi connectivity index (χ3n) is 1.98. The Morgan fingerprint density at radius 1 is 0.923 bits per heavy atom. The molecule has 0 saturated carbocycles. The molecule has 5 heteroatoms. The van der Waals surface area contributed by atoms with Crippen LogP contribution < -0.4 is 0 Å². The minimum atomic E-state index is -1.09. The number of hydrogen-bond acceptors (Lipinski definition) is 2.